The summed E-state index contributed by atoms with van der Waals surface area (Å²) in [6.45, 7) is -0.359. The Labute approximate surface area is 164 Å². The summed E-state index contributed by atoms with van der Waals surface area (Å²) in [5, 5.41) is 4.29. The highest BCUT2D eigenvalue weighted by atomic mass is 35.5. The van der Waals surface area contributed by atoms with Gasteiger partial charge < -0.3 is 4.90 Å². The minimum atomic E-state index is -3.78. The quantitative estimate of drug-likeness (QED) is 0.562. The Morgan fingerprint density at radius 2 is 1.67 bits per heavy atom. The van der Waals surface area contributed by atoms with Crippen LogP contribution in [0.1, 0.15) is 5.56 Å². The van der Waals surface area contributed by atoms with Gasteiger partial charge in [-0.3, -0.25) is 4.79 Å². The second-order valence-electron chi connectivity index (χ2n) is 5.99. The molecule has 0 aliphatic heterocycles. The Kier molecular flexibility index (Phi) is 6.95. The number of hydrazone groups is 1. The van der Waals surface area contributed by atoms with Gasteiger partial charge in [-0.15, -0.1) is 0 Å². The summed E-state index contributed by atoms with van der Waals surface area (Å²) in [5.41, 5.74) is 4.18. The van der Waals surface area contributed by atoms with Crippen LogP contribution in [0.2, 0.25) is 5.02 Å². The van der Waals surface area contributed by atoms with E-state index in [-0.39, 0.29) is 11.4 Å². The van der Waals surface area contributed by atoms with Crippen LogP contribution in [0.15, 0.2) is 58.5 Å². The summed E-state index contributed by atoms with van der Waals surface area (Å²) >= 11 is 5.77. The maximum atomic E-state index is 12.4. The van der Waals surface area contributed by atoms with Crippen molar-refractivity contribution in [2.24, 2.45) is 5.10 Å². The molecule has 9 heteroatoms. The zero-order valence-corrected chi connectivity index (χ0v) is 16.8. The van der Waals surface area contributed by atoms with E-state index in [0.29, 0.717) is 5.02 Å². The SMILES string of the molecule is CN(C)c1ccc(/C=N\NC(=O)CN(C)S(=O)(=O)c2ccc(Cl)cc2)cc1. The highest BCUT2D eigenvalue weighted by molar-refractivity contribution is 7.89. The van der Waals surface area contributed by atoms with E-state index < -0.39 is 15.9 Å². The second-order valence-corrected chi connectivity index (χ2v) is 8.48. The van der Waals surface area contributed by atoms with Crippen LogP contribution in [0.25, 0.3) is 0 Å². The molecule has 144 valence electrons. The standard InChI is InChI=1S/C18H21ClN4O3S/c1-22(2)16-8-4-14(5-9-16)12-20-21-18(24)13-23(3)27(25,26)17-10-6-15(19)7-11-17/h4-12H,13H2,1-3H3,(H,21,24)/b20-12-. The molecule has 0 aromatic heterocycles. The number of anilines is 1. The molecule has 0 aliphatic carbocycles. The number of amides is 1. The predicted octanol–water partition coefficient (Wildman–Crippen LogP) is 2.18. The van der Waals surface area contributed by atoms with Crippen molar-refractivity contribution in [2.45, 2.75) is 4.90 Å². The number of rotatable bonds is 7. The number of hydrogen-bond donors (Lipinski definition) is 1. The van der Waals surface area contributed by atoms with Gasteiger partial charge >= 0.3 is 0 Å². The fraction of sp³-hybridized carbons (Fsp3) is 0.222. The van der Waals surface area contributed by atoms with E-state index in [1.165, 1.54) is 37.5 Å². The van der Waals surface area contributed by atoms with Gasteiger partial charge in [-0.1, -0.05) is 23.7 Å². The van der Waals surface area contributed by atoms with E-state index in [9.17, 15) is 13.2 Å². The average molecular weight is 409 g/mol. The first-order chi connectivity index (χ1) is 12.7. The number of hydrogen-bond acceptors (Lipinski definition) is 5. The summed E-state index contributed by atoms with van der Waals surface area (Å²) in [7, 11) is 1.43. The zero-order valence-electron chi connectivity index (χ0n) is 15.3. The topological polar surface area (TPSA) is 82.1 Å². The van der Waals surface area contributed by atoms with Gasteiger partial charge in [0, 0.05) is 31.9 Å². The van der Waals surface area contributed by atoms with E-state index in [4.69, 9.17) is 11.6 Å². The molecule has 0 bridgehead atoms. The molecule has 0 radical (unpaired) electrons. The molecular weight excluding hydrogens is 388 g/mol. The van der Waals surface area contributed by atoms with Crippen molar-refractivity contribution in [3.8, 4) is 0 Å². The Bertz CT molecular complexity index is 911. The van der Waals surface area contributed by atoms with Crippen LogP contribution in [0.3, 0.4) is 0 Å². The van der Waals surface area contributed by atoms with Crippen molar-refractivity contribution in [1.82, 2.24) is 9.73 Å². The number of carbonyl (C=O) groups excluding carboxylic acids is 1. The van der Waals surface area contributed by atoms with E-state index in [1.807, 2.05) is 43.3 Å². The van der Waals surface area contributed by atoms with Crippen LogP contribution in [0, 0.1) is 0 Å². The van der Waals surface area contributed by atoms with Crippen molar-refractivity contribution in [3.63, 3.8) is 0 Å². The summed E-state index contributed by atoms with van der Waals surface area (Å²) < 4.78 is 25.8. The van der Waals surface area contributed by atoms with Crippen molar-refractivity contribution in [2.75, 3.05) is 32.6 Å². The molecule has 0 heterocycles. The number of carbonyl (C=O) groups is 1. The van der Waals surface area contributed by atoms with Crippen LogP contribution in [-0.4, -0.2) is 52.5 Å². The molecule has 2 aromatic rings. The van der Waals surface area contributed by atoms with Gasteiger partial charge in [-0.05, 0) is 42.0 Å². The first kappa shape index (κ1) is 20.9. The second kappa shape index (κ2) is 8.98. The lowest BCUT2D eigenvalue weighted by molar-refractivity contribution is -0.121. The average Bonchev–Trinajstić information content (AvgIpc) is 2.62. The lowest BCUT2D eigenvalue weighted by atomic mass is 10.2. The van der Waals surface area contributed by atoms with Crippen molar-refractivity contribution >= 4 is 39.4 Å². The van der Waals surface area contributed by atoms with Gasteiger partial charge in [0.15, 0.2) is 0 Å². The number of sulfonamides is 1. The number of halogens is 1. The van der Waals surface area contributed by atoms with Crippen molar-refractivity contribution in [3.05, 3.63) is 59.1 Å². The molecule has 0 atom stereocenters. The van der Waals surface area contributed by atoms with Gasteiger partial charge in [0.25, 0.3) is 5.91 Å². The molecule has 0 saturated carbocycles. The summed E-state index contributed by atoms with van der Waals surface area (Å²) in [6, 6.07) is 13.3. The van der Waals surface area contributed by atoms with Crippen LogP contribution in [-0.2, 0) is 14.8 Å². The molecule has 0 unspecified atom stereocenters. The number of benzene rings is 2. The van der Waals surface area contributed by atoms with Gasteiger partial charge in [-0.2, -0.15) is 9.41 Å². The normalized spacial score (nSPS) is 11.7. The fourth-order valence-corrected chi connectivity index (χ4v) is 3.40. The first-order valence-electron chi connectivity index (χ1n) is 8.01. The minimum absolute atomic E-state index is 0.0617. The zero-order chi connectivity index (χ0) is 20.0. The van der Waals surface area contributed by atoms with E-state index >= 15 is 0 Å². The van der Waals surface area contributed by atoms with E-state index in [0.717, 1.165) is 15.6 Å². The molecule has 2 rings (SSSR count). The Balaban J connectivity index is 1.93. The molecule has 7 nitrogen and oxygen atoms in total. The molecule has 1 amide bonds. The van der Waals surface area contributed by atoms with Crippen LogP contribution < -0.4 is 10.3 Å². The van der Waals surface area contributed by atoms with Gasteiger partial charge in [0.1, 0.15) is 0 Å². The van der Waals surface area contributed by atoms with Gasteiger partial charge in [0.2, 0.25) is 10.0 Å². The molecular formula is C18H21ClN4O3S. The predicted molar refractivity (Wildman–Crippen MR) is 108 cm³/mol. The highest BCUT2D eigenvalue weighted by Gasteiger charge is 2.22. The molecule has 27 heavy (non-hydrogen) atoms. The minimum Gasteiger partial charge on any atom is -0.378 e. The van der Waals surface area contributed by atoms with Crippen molar-refractivity contribution < 1.29 is 13.2 Å². The van der Waals surface area contributed by atoms with Gasteiger partial charge in [0.05, 0.1) is 17.7 Å². The lowest BCUT2D eigenvalue weighted by Crippen LogP contribution is -2.36. The lowest BCUT2D eigenvalue weighted by Gasteiger charge is -2.16. The van der Waals surface area contributed by atoms with Crippen LogP contribution >= 0.6 is 11.6 Å². The largest absolute Gasteiger partial charge is 0.378 e. The Hall–Kier alpha value is -2.42. The smallest absolute Gasteiger partial charge is 0.255 e. The van der Waals surface area contributed by atoms with Crippen molar-refractivity contribution in [1.29, 1.82) is 0 Å². The monoisotopic (exact) mass is 408 g/mol. The van der Waals surface area contributed by atoms with E-state index in [2.05, 4.69) is 10.5 Å². The van der Waals surface area contributed by atoms with Gasteiger partial charge in [-0.25, -0.2) is 13.8 Å². The molecule has 0 fully saturated rings. The molecule has 0 aliphatic rings. The maximum absolute atomic E-state index is 12.4. The highest BCUT2D eigenvalue weighted by Crippen LogP contribution is 2.17. The third kappa shape index (κ3) is 5.78. The summed E-state index contributed by atoms with van der Waals surface area (Å²) in [6.07, 6.45) is 1.49. The number of likely N-dealkylation sites (N-methyl/N-ethyl adjacent to an activating group) is 1. The number of nitrogens with one attached hydrogen (secondary N) is 1. The molecule has 2 aromatic carbocycles. The molecule has 0 spiro atoms. The third-order valence-corrected chi connectivity index (χ3v) is 5.77. The Morgan fingerprint density at radius 1 is 1.07 bits per heavy atom. The van der Waals surface area contributed by atoms with Crippen LogP contribution in [0.5, 0.6) is 0 Å². The van der Waals surface area contributed by atoms with Crippen LogP contribution in [0.4, 0.5) is 5.69 Å². The molecule has 1 N–H and O–H groups in total. The third-order valence-electron chi connectivity index (χ3n) is 3.70. The Morgan fingerprint density at radius 3 is 2.22 bits per heavy atom. The first-order valence-corrected chi connectivity index (χ1v) is 9.83. The summed E-state index contributed by atoms with van der Waals surface area (Å²) in [5.74, 6) is -0.545. The molecule has 0 saturated heterocycles. The fourth-order valence-electron chi connectivity index (χ4n) is 2.15. The maximum Gasteiger partial charge on any atom is 0.255 e. The summed E-state index contributed by atoms with van der Waals surface area (Å²) in [4.78, 5) is 14.0. The van der Waals surface area contributed by atoms with E-state index in [1.54, 1.807) is 0 Å². The number of nitrogens with zero attached hydrogens (tertiary/aromatic N) is 3.